The summed E-state index contributed by atoms with van der Waals surface area (Å²) in [4.78, 5) is 30.7. The summed E-state index contributed by atoms with van der Waals surface area (Å²) in [6.45, 7) is 0. The number of carbonyl (C=O) groups excluding carboxylic acids is 2. The third-order valence-electron chi connectivity index (χ3n) is 6.40. The monoisotopic (exact) mass is 517 g/mol. The van der Waals surface area contributed by atoms with E-state index in [1.807, 2.05) is 0 Å². The summed E-state index contributed by atoms with van der Waals surface area (Å²) in [7, 11) is 1.47. The Balaban J connectivity index is 1.66. The van der Waals surface area contributed by atoms with Gasteiger partial charge in [0.2, 0.25) is 5.91 Å². The molecule has 0 radical (unpaired) electrons. The summed E-state index contributed by atoms with van der Waals surface area (Å²) in [5, 5.41) is 8.97. The number of hydroxylamine groups is 2. The molecule has 0 spiro atoms. The number of hydrogen-bond acceptors (Lipinski definition) is 7. The molecular formula is C28H31N5O5. The molecule has 198 valence electrons. The fraction of sp³-hybridized carbons (Fsp3) is 0.250. The van der Waals surface area contributed by atoms with E-state index in [9.17, 15) is 9.59 Å². The fourth-order valence-electron chi connectivity index (χ4n) is 4.36. The molecule has 38 heavy (non-hydrogen) atoms. The van der Waals surface area contributed by atoms with Gasteiger partial charge in [-0.15, -0.1) is 0 Å². The largest absolute Gasteiger partial charge is 0.457 e. The average Bonchev–Trinajstić information content (AvgIpc) is 2.90. The highest BCUT2D eigenvalue weighted by atomic mass is 16.7. The van der Waals surface area contributed by atoms with Crippen LogP contribution >= 0.6 is 0 Å². The van der Waals surface area contributed by atoms with Gasteiger partial charge in [0.1, 0.15) is 28.8 Å². The van der Waals surface area contributed by atoms with E-state index in [0.717, 1.165) is 25.7 Å². The lowest BCUT2D eigenvalue weighted by molar-refractivity contribution is -0.130. The lowest BCUT2D eigenvalue weighted by Gasteiger charge is -2.34. The highest BCUT2D eigenvalue weighted by molar-refractivity contribution is 5.97. The van der Waals surface area contributed by atoms with Crippen LogP contribution in [-0.2, 0) is 4.84 Å². The lowest BCUT2D eigenvalue weighted by Crippen LogP contribution is -2.43. The fourth-order valence-corrected chi connectivity index (χ4v) is 4.36. The first kappa shape index (κ1) is 26.6. The van der Waals surface area contributed by atoms with Crippen molar-refractivity contribution in [2.75, 3.05) is 7.11 Å². The van der Waals surface area contributed by atoms with Crippen LogP contribution in [0.25, 0.3) is 0 Å². The molecule has 7 N–H and O–H groups in total. The van der Waals surface area contributed by atoms with Gasteiger partial charge in [-0.25, -0.2) is 5.06 Å². The van der Waals surface area contributed by atoms with Crippen LogP contribution in [0.1, 0.15) is 52.0 Å². The summed E-state index contributed by atoms with van der Waals surface area (Å²) in [6.07, 6.45) is 3.09. The second-order valence-corrected chi connectivity index (χ2v) is 9.07. The van der Waals surface area contributed by atoms with Crippen LogP contribution in [0.15, 0.2) is 66.7 Å². The molecule has 0 atom stereocenters. The predicted octanol–water partition coefficient (Wildman–Crippen LogP) is 3.93. The van der Waals surface area contributed by atoms with Crippen LogP contribution in [0.3, 0.4) is 0 Å². The van der Waals surface area contributed by atoms with Gasteiger partial charge in [0.05, 0.1) is 18.7 Å². The Bertz CT molecular complexity index is 1320. The number of amides is 2. The Labute approximate surface area is 220 Å². The van der Waals surface area contributed by atoms with Gasteiger partial charge in [0.15, 0.2) is 0 Å². The molecule has 10 nitrogen and oxygen atoms in total. The summed E-state index contributed by atoms with van der Waals surface area (Å²) in [5.74, 6) is 0.459. The Morgan fingerprint density at radius 1 is 0.842 bits per heavy atom. The van der Waals surface area contributed by atoms with E-state index in [2.05, 4.69) is 0 Å². The number of nitrogens with one attached hydrogen (secondary N) is 1. The first-order valence-electron chi connectivity index (χ1n) is 12.2. The number of rotatable bonds is 9. The van der Waals surface area contributed by atoms with E-state index in [4.69, 9.17) is 36.9 Å². The molecule has 1 aliphatic rings. The smallest absolute Gasteiger partial charge is 0.281 e. The maximum atomic E-state index is 13.7. The Hall–Kier alpha value is -4.41. The van der Waals surface area contributed by atoms with E-state index in [0.29, 0.717) is 28.4 Å². The number of primary amides is 1. The molecule has 0 aliphatic heterocycles. The molecule has 1 saturated carbocycles. The van der Waals surface area contributed by atoms with Crippen molar-refractivity contribution in [3.63, 3.8) is 0 Å². The van der Waals surface area contributed by atoms with Crippen molar-refractivity contribution in [2.24, 2.45) is 17.2 Å². The first-order chi connectivity index (χ1) is 18.2. The van der Waals surface area contributed by atoms with Gasteiger partial charge in [0, 0.05) is 23.2 Å². The molecule has 0 aromatic heterocycles. The van der Waals surface area contributed by atoms with E-state index < -0.39 is 5.91 Å². The molecule has 4 rings (SSSR count). The van der Waals surface area contributed by atoms with Crippen LogP contribution in [0, 0.1) is 5.41 Å². The summed E-state index contributed by atoms with van der Waals surface area (Å²) < 4.78 is 12.1. The van der Waals surface area contributed by atoms with E-state index in [-0.39, 0.29) is 35.1 Å². The molecule has 0 unspecified atom stereocenters. The van der Waals surface area contributed by atoms with Crippen molar-refractivity contribution in [1.82, 2.24) is 5.06 Å². The molecule has 0 bridgehead atoms. The van der Waals surface area contributed by atoms with Gasteiger partial charge in [-0.05, 0) is 80.3 Å². The van der Waals surface area contributed by atoms with Crippen molar-refractivity contribution in [3.05, 3.63) is 83.4 Å². The molecule has 0 saturated heterocycles. The van der Waals surface area contributed by atoms with Crippen molar-refractivity contribution >= 4 is 17.6 Å². The number of nitrogens with two attached hydrogens (primary N) is 3. The van der Waals surface area contributed by atoms with Crippen LogP contribution in [0.4, 0.5) is 0 Å². The first-order valence-corrected chi connectivity index (χ1v) is 12.2. The third kappa shape index (κ3) is 6.28. The minimum atomic E-state index is -0.572. The summed E-state index contributed by atoms with van der Waals surface area (Å²) in [5.41, 5.74) is 18.1. The van der Waals surface area contributed by atoms with Crippen LogP contribution in [-0.4, -0.2) is 41.9 Å². The Morgan fingerprint density at radius 3 is 2.13 bits per heavy atom. The summed E-state index contributed by atoms with van der Waals surface area (Å²) >= 11 is 0. The minimum absolute atomic E-state index is 0.0658. The zero-order valence-corrected chi connectivity index (χ0v) is 21.1. The topological polar surface area (TPSA) is 167 Å². The number of hydrogen-bond donors (Lipinski definition) is 4. The SMILES string of the molecule is CON(C(=O)c1ccc(Oc2cccc(C(N)=O)c2)cc1Oc1ccc(C(=N)N)cc1)C1CCC(N)CC1. The van der Waals surface area contributed by atoms with Crippen molar-refractivity contribution in [2.45, 2.75) is 37.8 Å². The number of carbonyl (C=O) groups is 2. The van der Waals surface area contributed by atoms with E-state index >= 15 is 0 Å². The molecular weight excluding hydrogens is 486 g/mol. The van der Waals surface area contributed by atoms with Crippen molar-refractivity contribution in [1.29, 1.82) is 5.41 Å². The molecule has 3 aromatic carbocycles. The predicted molar refractivity (Wildman–Crippen MR) is 142 cm³/mol. The molecule has 0 heterocycles. The molecule has 10 heteroatoms. The van der Waals surface area contributed by atoms with Gasteiger partial charge in [-0.3, -0.25) is 19.8 Å². The average molecular weight is 518 g/mol. The maximum absolute atomic E-state index is 13.7. The highest BCUT2D eigenvalue weighted by Gasteiger charge is 2.31. The zero-order chi connectivity index (χ0) is 27.2. The van der Waals surface area contributed by atoms with Gasteiger partial charge >= 0.3 is 0 Å². The van der Waals surface area contributed by atoms with Crippen molar-refractivity contribution < 1.29 is 23.9 Å². The van der Waals surface area contributed by atoms with Crippen molar-refractivity contribution in [3.8, 4) is 23.0 Å². The number of benzene rings is 3. The second-order valence-electron chi connectivity index (χ2n) is 9.07. The normalized spacial score (nSPS) is 16.9. The minimum Gasteiger partial charge on any atom is -0.457 e. The van der Waals surface area contributed by atoms with Gasteiger partial charge in [-0.2, -0.15) is 0 Å². The number of amidine groups is 1. The van der Waals surface area contributed by atoms with Crippen LogP contribution < -0.4 is 26.7 Å². The lowest BCUT2D eigenvalue weighted by atomic mass is 9.91. The molecule has 2 amide bonds. The highest BCUT2D eigenvalue weighted by Crippen LogP contribution is 2.34. The van der Waals surface area contributed by atoms with Gasteiger partial charge < -0.3 is 26.7 Å². The number of ether oxygens (including phenoxy) is 2. The summed E-state index contributed by atoms with van der Waals surface area (Å²) in [6, 6.07) is 17.9. The second kappa shape index (κ2) is 11.8. The Morgan fingerprint density at radius 2 is 1.50 bits per heavy atom. The van der Waals surface area contributed by atoms with Crippen LogP contribution in [0.2, 0.25) is 0 Å². The molecule has 1 aliphatic carbocycles. The molecule has 3 aromatic rings. The molecule has 1 fully saturated rings. The van der Waals surface area contributed by atoms with E-state index in [1.165, 1.54) is 18.2 Å². The number of nitrogen functional groups attached to an aromatic ring is 1. The van der Waals surface area contributed by atoms with E-state index in [1.54, 1.807) is 60.7 Å². The zero-order valence-electron chi connectivity index (χ0n) is 21.1. The van der Waals surface area contributed by atoms with Gasteiger partial charge in [-0.1, -0.05) is 6.07 Å². The maximum Gasteiger partial charge on any atom is 0.281 e. The standard InChI is InChI=1S/C28H31N5O5/c1-36-33(20-9-7-19(29)8-10-20)28(35)24-14-13-23(37-22-4-2-3-18(15-22)27(32)34)16-25(24)38-21-11-5-17(6-12-21)26(30)31/h2-6,11-16,19-20H,7-10,29H2,1H3,(H3,30,31)(H2,32,34). The third-order valence-corrected chi connectivity index (χ3v) is 6.40. The number of nitrogens with zero attached hydrogens (tertiary/aromatic N) is 1. The van der Waals surface area contributed by atoms with Crippen LogP contribution in [0.5, 0.6) is 23.0 Å². The quantitative estimate of drug-likeness (QED) is 0.189. The van der Waals surface area contributed by atoms with Gasteiger partial charge in [0.25, 0.3) is 5.91 Å². The Kier molecular flexibility index (Phi) is 8.25.